The van der Waals surface area contributed by atoms with E-state index in [9.17, 15) is 19.8 Å². The standard InChI is InChI=1S/C29H43N3O5/c1-18-7-6-8-19(2)27(35)20(3)28(36)29(4,5)25(33)16-26(34)37-24(12-9-18)21-10-11-23-22(15-21)31-17-32(23)14-13-30/h9-11,15,17,19-20,24-25,27,33,35H,6-8,12-14,16,30H2,1-5H3/t19?,20?,24-,25?,27-/m0/s1. The first-order chi connectivity index (χ1) is 17.4. The smallest absolute Gasteiger partial charge is 0.309 e. The lowest BCUT2D eigenvalue weighted by atomic mass is 9.73. The van der Waals surface area contributed by atoms with Crippen LogP contribution in [0.3, 0.4) is 0 Å². The molecule has 8 heteroatoms. The van der Waals surface area contributed by atoms with Crippen molar-refractivity contribution in [2.75, 3.05) is 6.54 Å². The maximum Gasteiger partial charge on any atom is 0.309 e. The number of hydrogen-bond acceptors (Lipinski definition) is 7. The highest BCUT2D eigenvalue weighted by molar-refractivity contribution is 5.88. The van der Waals surface area contributed by atoms with Gasteiger partial charge in [-0.2, -0.15) is 0 Å². The SMILES string of the molecule is CC1=CC[C@@H](c2ccc3c(c2)ncn3CCN)OC(=O)CC(O)C(C)(C)C(=O)C(C)[C@@H](O)C(C)CCC1. The summed E-state index contributed by atoms with van der Waals surface area (Å²) in [6, 6.07) is 5.82. The number of nitrogens with zero attached hydrogens (tertiary/aromatic N) is 2. The van der Waals surface area contributed by atoms with Gasteiger partial charge in [-0.1, -0.05) is 45.4 Å². The highest BCUT2D eigenvalue weighted by Crippen LogP contribution is 2.33. The molecule has 2 aromatic rings. The van der Waals surface area contributed by atoms with E-state index in [1.807, 2.05) is 29.7 Å². The molecule has 0 fully saturated rings. The minimum Gasteiger partial charge on any atom is -0.457 e. The summed E-state index contributed by atoms with van der Waals surface area (Å²) in [6.07, 6.45) is 3.94. The summed E-state index contributed by atoms with van der Waals surface area (Å²) in [5.41, 5.74) is 8.24. The van der Waals surface area contributed by atoms with Crippen LogP contribution in [-0.4, -0.2) is 50.3 Å². The summed E-state index contributed by atoms with van der Waals surface area (Å²) in [4.78, 5) is 30.7. The van der Waals surface area contributed by atoms with E-state index < -0.39 is 35.6 Å². The maximum atomic E-state index is 13.2. The first-order valence-electron chi connectivity index (χ1n) is 13.4. The molecular formula is C29H43N3O5. The molecule has 0 aliphatic carbocycles. The van der Waals surface area contributed by atoms with Crippen molar-refractivity contribution in [3.05, 3.63) is 41.7 Å². The number of aliphatic hydroxyl groups is 2. The number of aliphatic hydroxyl groups excluding tert-OH is 2. The largest absolute Gasteiger partial charge is 0.457 e. The summed E-state index contributed by atoms with van der Waals surface area (Å²) in [6.45, 7) is 10.1. The summed E-state index contributed by atoms with van der Waals surface area (Å²) in [5, 5.41) is 21.7. The molecule has 0 saturated heterocycles. The normalized spacial score (nSPS) is 28.6. The van der Waals surface area contributed by atoms with E-state index >= 15 is 0 Å². The van der Waals surface area contributed by atoms with Gasteiger partial charge in [-0.05, 0) is 49.8 Å². The number of nitrogens with two attached hydrogens (primary N) is 1. The lowest BCUT2D eigenvalue weighted by Crippen LogP contribution is -2.45. The average Bonchev–Trinajstić information content (AvgIpc) is 3.26. The Labute approximate surface area is 219 Å². The van der Waals surface area contributed by atoms with E-state index in [4.69, 9.17) is 10.5 Å². The first kappa shape index (κ1) is 29.0. The van der Waals surface area contributed by atoms with E-state index in [-0.39, 0.29) is 18.1 Å². The molecule has 3 rings (SSSR count). The molecule has 1 aromatic heterocycles. The number of rotatable bonds is 3. The summed E-state index contributed by atoms with van der Waals surface area (Å²) < 4.78 is 7.88. The average molecular weight is 514 g/mol. The van der Waals surface area contributed by atoms with Crippen molar-refractivity contribution < 1.29 is 24.5 Å². The van der Waals surface area contributed by atoms with Crippen molar-refractivity contribution in [2.24, 2.45) is 23.0 Å². The van der Waals surface area contributed by atoms with Crippen molar-refractivity contribution in [1.82, 2.24) is 9.55 Å². The van der Waals surface area contributed by atoms with Gasteiger partial charge in [0.25, 0.3) is 0 Å². The Morgan fingerprint density at radius 1 is 1.22 bits per heavy atom. The molecule has 0 bridgehead atoms. The Hall–Kier alpha value is -2.55. The van der Waals surface area contributed by atoms with Crippen molar-refractivity contribution >= 4 is 22.8 Å². The van der Waals surface area contributed by atoms with Gasteiger partial charge in [0, 0.05) is 25.4 Å². The predicted molar refractivity (Wildman–Crippen MR) is 144 cm³/mol. The molecule has 1 aromatic carbocycles. The first-order valence-corrected chi connectivity index (χ1v) is 13.4. The number of carbonyl (C=O) groups excluding carboxylic acids is 2. The second-order valence-electron chi connectivity index (χ2n) is 11.2. The van der Waals surface area contributed by atoms with Crippen LogP contribution in [0.2, 0.25) is 0 Å². The lowest BCUT2D eigenvalue weighted by Gasteiger charge is -2.34. The molecule has 1 aliphatic rings. The third-order valence-corrected chi connectivity index (χ3v) is 7.91. The van der Waals surface area contributed by atoms with E-state index in [0.29, 0.717) is 19.5 Å². The number of Topliss-reactive ketones (excluding diaryl/α,β-unsaturated/α-hetero) is 1. The number of aromatic nitrogens is 2. The van der Waals surface area contributed by atoms with Gasteiger partial charge in [-0.25, -0.2) is 4.98 Å². The van der Waals surface area contributed by atoms with E-state index in [1.54, 1.807) is 27.1 Å². The molecule has 5 atom stereocenters. The second-order valence-corrected chi connectivity index (χ2v) is 11.2. The lowest BCUT2D eigenvalue weighted by molar-refractivity contribution is -0.155. The number of cyclic esters (lactones) is 1. The van der Waals surface area contributed by atoms with Crippen LogP contribution in [0.1, 0.15) is 78.4 Å². The van der Waals surface area contributed by atoms with Crippen LogP contribution in [0.15, 0.2) is 36.2 Å². The molecule has 0 spiro atoms. The minimum atomic E-state index is -1.24. The number of allylic oxidation sites excluding steroid dienone is 1. The molecular weight excluding hydrogens is 470 g/mol. The van der Waals surface area contributed by atoms with Crippen molar-refractivity contribution in [1.29, 1.82) is 0 Å². The van der Waals surface area contributed by atoms with Gasteiger partial charge in [0.15, 0.2) is 0 Å². The number of ether oxygens (including phenoxy) is 1. The van der Waals surface area contributed by atoms with Crippen molar-refractivity contribution in [3.63, 3.8) is 0 Å². The Morgan fingerprint density at radius 3 is 2.65 bits per heavy atom. The molecule has 0 radical (unpaired) electrons. The fourth-order valence-corrected chi connectivity index (χ4v) is 5.15. The van der Waals surface area contributed by atoms with Crippen LogP contribution in [-0.2, 0) is 20.9 Å². The Balaban J connectivity index is 1.91. The predicted octanol–water partition coefficient (Wildman–Crippen LogP) is 4.08. The maximum absolute atomic E-state index is 13.2. The number of imidazole rings is 1. The minimum absolute atomic E-state index is 0.0592. The van der Waals surface area contributed by atoms with E-state index in [1.165, 1.54) is 5.57 Å². The van der Waals surface area contributed by atoms with Gasteiger partial charge in [0.05, 0.1) is 41.4 Å². The number of hydrogen-bond donors (Lipinski definition) is 3. The zero-order chi connectivity index (χ0) is 27.3. The molecule has 0 saturated carbocycles. The second kappa shape index (κ2) is 12.3. The fourth-order valence-electron chi connectivity index (χ4n) is 5.15. The summed E-state index contributed by atoms with van der Waals surface area (Å²) >= 11 is 0. The fraction of sp³-hybridized carbons (Fsp3) is 0.621. The molecule has 8 nitrogen and oxygen atoms in total. The Bertz CT molecular complexity index is 1120. The van der Waals surface area contributed by atoms with Crippen LogP contribution in [0.25, 0.3) is 11.0 Å². The zero-order valence-electron chi connectivity index (χ0n) is 22.8. The third kappa shape index (κ3) is 6.86. The topological polar surface area (TPSA) is 128 Å². The van der Waals surface area contributed by atoms with Crippen LogP contribution in [0, 0.1) is 17.3 Å². The van der Waals surface area contributed by atoms with E-state index in [0.717, 1.165) is 35.9 Å². The quantitative estimate of drug-likeness (QED) is 0.417. The molecule has 2 heterocycles. The monoisotopic (exact) mass is 513 g/mol. The van der Waals surface area contributed by atoms with Gasteiger partial charge in [-0.15, -0.1) is 0 Å². The number of benzene rings is 1. The van der Waals surface area contributed by atoms with Crippen LogP contribution in [0.4, 0.5) is 0 Å². The van der Waals surface area contributed by atoms with Crippen molar-refractivity contribution in [3.8, 4) is 0 Å². The number of ketones is 1. The van der Waals surface area contributed by atoms with Gasteiger partial charge < -0.3 is 25.3 Å². The third-order valence-electron chi connectivity index (χ3n) is 7.91. The number of fused-ring (bicyclic) bond motifs is 1. The highest BCUT2D eigenvalue weighted by atomic mass is 16.5. The summed E-state index contributed by atoms with van der Waals surface area (Å²) in [5.74, 6) is -1.55. The molecule has 0 amide bonds. The van der Waals surface area contributed by atoms with Crippen molar-refractivity contribution in [2.45, 2.75) is 91.6 Å². The molecule has 4 N–H and O–H groups in total. The van der Waals surface area contributed by atoms with E-state index in [2.05, 4.69) is 18.0 Å². The van der Waals surface area contributed by atoms with Gasteiger partial charge >= 0.3 is 5.97 Å². The number of carbonyl (C=O) groups is 2. The summed E-state index contributed by atoms with van der Waals surface area (Å²) in [7, 11) is 0. The van der Waals surface area contributed by atoms with Crippen LogP contribution >= 0.6 is 0 Å². The number of esters is 1. The van der Waals surface area contributed by atoms with Gasteiger partial charge in [0.1, 0.15) is 11.9 Å². The van der Waals surface area contributed by atoms with Crippen LogP contribution in [0.5, 0.6) is 0 Å². The molecule has 204 valence electrons. The van der Waals surface area contributed by atoms with Gasteiger partial charge in [0.2, 0.25) is 0 Å². The molecule has 3 unspecified atom stereocenters. The zero-order valence-corrected chi connectivity index (χ0v) is 22.8. The molecule has 1 aliphatic heterocycles. The Kier molecular flexibility index (Phi) is 9.67. The highest BCUT2D eigenvalue weighted by Gasteiger charge is 2.42. The van der Waals surface area contributed by atoms with Gasteiger partial charge in [-0.3, -0.25) is 9.59 Å². The Morgan fingerprint density at radius 2 is 1.95 bits per heavy atom. The van der Waals surface area contributed by atoms with Crippen LogP contribution < -0.4 is 5.73 Å². The molecule has 37 heavy (non-hydrogen) atoms.